The van der Waals surface area contributed by atoms with Gasteiger partial charge in [-0.15, -0.1) is 0 Å². The van der Waals surface area contributed by atoms with Gasteiger partial charge in [0.15, 0.2) is 0 Å². The van der Waals surface area contributed by atoms with E-state index < -0.39 is 40.2 Å². The third kappa shape index (κ3) is 7.44. The van der Waals surface area contributed by atoms with Gasteiger partial charge in [0.05, 0.1) is 10.6 Å². The fraction of sp³-hybridized carbons (Fsp3) is 0.333. The maximum Gasteiger partial charge on any atom is 0.264 e. The molecule has 7 nitrogen and oxygen atoms in total. The number of amides is 2. The molecule has 3 aromatic rings. The molecule has 0 saturated carbocycles. The first-order chi connectivity index (χ1) is 18.4. The Balaban J connectivity index is 2.04. The molecule has 0 heterocycles. The molecular weight excluding hydrogens is 517 g/mol. The fourth-order valence-electron chi connectivity index (χ4n) is 4.16. The van der Waals surface area contributed by atoms with E-state index in [-0.39, 0.29) is 22.9 Å². The Morgan fingerprint density at radius 3 is 2.18 bits per heavy atom. The van der Waals surface area contributed by atoms with Gasteiger partial charge in [0, 0.05) is 18.7 Å². The van der Waals surface area contributed by atoms with Crippen LogP contribution < -0.4 is 9.62 Å². The van der Waals surface area contributed by atoms with Crippen LogP contribution >= 0.6 is 0 Å². The molecule has 0 saturated heterocycles. The highest BCUT2D eigenvalue weighted by atomic mass is 32.2. The molecule has 0 spiro atoms. The van der Waals surface area contributed by atoms with Crippen LogP contribution in [0.25, 0.3) is 0 Å². The average Bonchev–Trinajstić information content (AvgIpc) is 2.90. The maximum atomic E-state index is 14.6. The van der Waals surface area contributed by atoms with Gasteiger partial charge in [-0.25, -0.2) is 12.8 Å². The molecule has 1 N–H and O–H groups in total. The van der Waals surface area contributed by atoms with Gasteiger partial charge < -0.3 is 10.2 Å². The second-order valence-corrected chi connectivity index (χ2v) is 11.9. The summed E-state index contributed by atoms with van der Waals surface area (Å²) < 4.78 is 43.4. The summed E-state index contributed by atoms with van der Waals surface area (Å²) in [7, 11) is -4.16. The Hall–Kier alpha value is -3.72. The van der Waals surface area contributed by atoms with E-state index in [1.165, 1.54) is 35.2 Å². The topological polar surface area (TPSA) is 86.8 Å². The Labute approximate surface area is 230 Å². The van der Waals surface area contributed by atoms with Gasteiger partial charge in [-0.1, -0.05) is 67.9 Å². The quantitative estimate of drug-likeness (QED) is 0.369. The van der Waals surface area contributed by atoms with Crippen molar-refractivity contribution in [1.29, 1.82) is 0 Å². The largest absolute Gasteiger partial charge is 0.354 e. The first-order valence-electron chi connectivity index (χ1n) is 12.9. The highest BCUT2D eigenvalue weighted by Gasteiger charge is 2.33. The number of sulfonamides is 1. The third-order valence-electron chi connectivity index (χ3n) is 6.38. The van der Waals surface area contributed by atoms with Crippen LogP contribution in [0.15, 0.2) is 77.7 Å². The van der Waals surface area contributed by atoms with Gasteiger partial charge in [-0.3, -0.25) is 13.9 Å². The van der Waals surface area contributed by atoms with Crippen LogP contribution in [0, 0.1) is 25.6 Å². The molecular formula is C30H36FN3O4S. The number of benzene rings is 3. The summed E-state index contributed by atoms with van der Waals surface area (Å²) >= 11 is 0. The minimum atomic E-state index is -4.16. The predicted octanol–water partition coefficient (Wildman–Crippen LogP) is 4.83. The molecule has 0 unspecified atom stereocenters. The minimum Gasteiger partial charge on any atom is -0.354 e. The number of carbonyl (C=O) groups excluding carboxylic acids is 2. The molecule has 2 amide bonds. The molecule has 9 heteroatoms. The summed E-state index contributed by atoms with van der Waals surface area (Å²) in [4.78, 5) is 28.2. The smallest absolute Gasteiger partial charge is 0.264 e. The second kappa shape index (κ2) is 12.9. The highest BCUT2D eigenvalue weighted by molar-refractivity contribution is 7.92. The van der Waals surface area contributed by atoms with E-state index in [4.69, 9.17) is 0 Å². The normalized spacial score (nSPS) is 12.2. The summed E-state index contributed by atoms with van der Waals surface area (Å²) in [5.41, 5.74) is 2.18. The van der Waals surface area contributed by atoms with E-state index in [1.807, 2.05) is 26.8 Å². The number of aryl methyl sites for hydroxylation is 2. The number of nitrogens with zero attached hydrogens (tertiary/aromatic N) is 2. The van der Waals surface area contributed by atoms with Crippen molar-refractivity contribution in [3.63, 3.8) is 0 Å². The van der Waals surface area contributed by atoms with Crippen LogP contribution in [0.5, 0.6) is 0 Å². The number of rotatable bonds is 11. The molecule has 0 fully saturated rings. The van der Waals surface area contributed by atoms with Crippen LogP contribution in [-0.4, -0.2) is 44.3 Å². The van der Waals surface area contributed by atoms with E-state index in [9.17, 15) is 22.4 Å². The van der Waals surface area contributed by atoms with Crippen LogP contribution in [0.1, 0.15) is 37.5 Å². The SMILES string of the molecule is Cc1ccc(N(CC(=O)N(Cc2ccccc2F)[C@@H](C)C(=O)NCC(C)C)S(=O)(=O)c2ccccc2)c(C)c1. The van der Waals surface area contributed by atoms with Gasteiger partial charge in [0.1, 0.15) is 18.4 Å². The van der Waals surface area contributed by atoms with Crippen molar-refractivity contribution in [2.45, 2.75) is 52.1 Å². The molecule has 0 aliphatic rings. The van der Waals surface area contributed by atoms with Crippen molar-refractivity contribution in [3.05, 3.63) is 95.3 Å². The molecule has 0 aliphatic carbocycles. The minimum absolute atomic E-state index is 0.0288. The maximum absolute atomic E-state index is 14.6. The molecule has 0 radical (unpaired) electrons. The molecule has 0 aromatic heterocycles. The zero-order chi connectivity index (χ0) is 28.7. The first kappa shape index (κ1) is 29.8. The molecule has 3 aromatic carbocycles. The van der Waals surface area contributed by atoms with Crippen LogP contribution in [-0.2, 0) is 26.2 Å². The lowest BCUT2D eigenvalue weighted by Gasteiger charge is -2.32. The van der Waals surface area contributed by atoms with E-state index in [0.29, 0.717) is 17.8 Å². The summed E-state index contributed by atoms with van der Waals surface area (Å²) in [6, 6.07) is 18.2. The molecule has 1 atom stereocenters. The monoisotopic (exact) mass is 553 g/mol. The number of halogens is 1. The Kier molecular flexibility index (Phi) is 9.86. The lowest BCUT2D eigenvalue weighted by molar-refractivity contribution is -0.139. The van der Waals surface area contributed by atoms with E-state index in [0.717, 1.165) is 9.87 Å². The highest BCUT2D eigenvalue weighted by Crippen LogP contribution is 2.28. The van der Waals surface area contributed by atoms with E-state index in [1.54, 1.807) is 50.2 Å². The Bertz CT molecular complexity index is 1410. The lowest BCUT2D eigenvalue weighted by Crippen LogP contribution is -2.51. The number of hydrogen-bond acceptors (Lipinski definition) is 4. The molecule has 208 valence electrons. The molecule has 39 heavy (non-hydrogen) atoms. The van der Waals surface area contributed by atoms with Crippen molar-refractivity contribution in [1.82, 2.24) is 10.2 Å². The fourth-order valence-corrected chi connectivity index (χ4v) is 5.66. The standard InChI is InChI=1S/C30H36FN3O4S/c1-21(2)18-32-30(36)24(5)33(19-25-11-9-10-14-27(25)31)29(35)20-34(28-16-15-22(3)17-23(28)4)39(37,38)26-12-7-6-8-13-26/h6-17,21,24H,18-20H2,1-5H3,(H,32,36)/t24-/m0/s1. The zero-order valence-electron chi connectivity index (χ0n) is 23.0. The van der Waals surface area contributed by atoms with Crippen molar-refractivity contribution >= 4 is 27.5 Å². The van der Waals surface area contributed by atoms with Crippen molar-refractivity contribution in [2.24, 2.45) is 5.92 Å². The Morgan fingerprint density at radius 2 is 1.56 bits per heavy atom. The van der Waals surface area contributed by atoms with E-state index in [2.05, 4.69) is 5.32 Å². The van der Waals surface area contributed by atoms with Crippen LogP contribution in [0.4, 0.5) is 10.1 Å². The predicted molar refractivity (Wildman–Crippen MR) is 151 cm³/mol. The molecule has 3 rings (SSSR count). The van der Waals surface area contributed by atoms with Crippen molar-refractivity contribution in [2.75, 3.05) is 17.4 Å². The van der Waals surface area contributed by atoms with Crippen molar-refractivity contribution < 1.29 is 22.4 Å². The number of carbonyl (C=O) groups is 2. The number of hydrogen-bond donors (Lipinski definition) is 1. The Morgan fingerprint density at radius 1 is 0.923 bits per heavy atom. The molecule has 0 aliphatic heterocycles. The number of nitrogens with one attached hydrogen (secondary N) is 1. The summed E-state index contributed by atoms with van der Waals surface area (Å²) in [6.07, 6.45) is 0. The van der Waals surface area contributed by atoms with Gasteiger partial charge >= 0.3 is 0 Å². The third-order valence-corrected chi connectivity index (χ3v) is 8.16. The average molecular weight is 554 g/mol. The van der Waals surface area contributed by atoms with Gasteiger partial charge in [0.2, 0.25) is 11.8 Å². The first-order valence-corrected chi connectivity index (χ1v) is 14.3. The summed E-state index contributed by atoms with van der Waals surface area (Å²) in [6.45, 7) is 8.76. The van der Waals surface area contributed by atoms with Crippen LogP contribution in [0.2, 0.25) is 0 Å². The van der Waals surface area contributed by atoms with Gasteiger partial charge in [-0.2, -0.15) is 0 Å². The van der Waals surface area contributed by atoms with Gasteiger partial charge in [0.25, 0.3) is 10.0 Å². The lowest BCUT2D eigenvalue weighted by atomic mass is 10.1. The summed E-state index contributed by atoms with van der Waals surface area (Å²) in [5.74, 6) is -1.37. The van der Waals surface area contributed by atoms with E-state index >= 15 is 0 Å². The number of anilines is 1. The zero-order valence-corrected chi connectivity index (χ0v) is 23.8. The van der Waals surface area contributed by atoms with Gasteiger partial charge in [-0.05, 0) is 56.5 Å². The second-order valence-electron chi connectivity index (χ2n) is 10.0. The molecule has 0 bridgehead atoms. The van der Waals surface area contributed by atoms with Crippen molar-refractivity contribution in [3.8, 4) is 0 Å². The summed E-state index contributed by atoms with van der Waals surface area (Å²) in [5, 5.41) is 2.82. The van der Waals surface area contributed by atoms with Crippen LogP contribution in [0.3, 0.4) is 0 Å².